The van der Waals surface area contributed by atoms with Gasteiger partial charge >= 0.3 is 11.9 Å². The average molecular weight is 565 g/mol. The molecule has 0 N–H and O–H groups in total. The molecule has 10 heteroatoms. The quantitative estimate of drug-likeness (QED) is 0.130. The molecule has 0 aliphatic carbocycles. The van der Waals surface area contributed by atoms with Gasteiger partial charge in [-0.05, 0) is 24.6 Å². The first-order valence-corrected chi connectivity index (χ1v) is 14.9. The molecule has 0 fully saturated rings. The number of thioether (sulfide) groups is 2. The van der Waals surface area contributed by atoms with Gasteiger partial charge in [0.1, 0.15) is 24.7 Å². The van der Waals surface area contributed by atoms with Crippen molar-refractivity contribution in [3.8, 4) is 11.5 Å². The van der Waals surface area contributed by atoms with Crippen LogP contribution in [-0.4, -0.2) is 87.8 Å². The summed E-state index contributed by atoms with van der Waals surface area (Å²) in [6, 6.07) is 11.2. The fraction of sp³-hybridized carbons (Fsp3) is 0.429. The monoisotopic (exact) mass is 564 g/mol. The lowest BCUT2D eigenvalue weighted by Gasteiger charge is -2.20. The summed E-state index contributed by atoms with van der Waals surface area (Å²) in [5.41, 5.74) is 0. The second kappa shape index (κ2) is 18.6. The molecule has 0 saturated carbocycles. The van der Waals surface area contributed by atoms with E-state index in [0.29, 0.717) is 24.7 Å². The third-order valence-corrected chi connectivity index (χ3v) is 6.21. The third kappa shape index (κ3) is 11.4. The van der Waals surface area contributed by atoms with Crippen molar-refractivity contribution in [3.05, 3.63) is 61.7 Å². The first kappa shape index (κ1) is 31.6. The maximum atomic E-state index is 11.8. The Hall–Kier alpha value is -2.66. The highest BCUT2D eigenvalue weighted by atomic mass is 32.2. The van der Waals surface area contributed by atoms with Gasteiger partial charge < -0.3 is 28.4 Å². The predicted molar refractivity (Wildman–Crippen MR) is 153 cm³/mol. The van der Waals surface area contributed by atoms with Gasteiger partial charge in [-0.2, -0.15) is 23.5 Å². The maximum absolute atomic E-state index is 11.8. The molecular formula is C28H36O8S2. The van der Waals surface area contributed by atoms with Crippen LogP contribution in [0, 0.1) is 0 Å². The lowest BCUT2D eigenvalue weighted by atomic mass is 10.1. The Morgan fingerprint density at radius 3 is 1.53 bits per heavy atom. The van der Waals surface area contributed by atoms with E-state index in [1.54, 1.807) is 23.5 Å². The highest BCUT2D eigenvalue weighted by Crippen LogP contribution is 2.32. The molecule has 2 aromatic carbocycles. The summed E-state index contributed by atoms with van der Waals surface area (Å²) in [5, 5.41) is 1.64. The van der Waals surface area contributed by atoms with Gasteiger partial charge in [0, 0.05) is 34.4 Å². The van der Waals surface area contributed by atoms with Gasteiger partial charge in [-0.15, -0.1) is 0 Å². The molecular weight excluding hydrogens is 528 g/mol. The van der Waals surface area contributed by atoms with E-state index in [2.05, 4.69) is 13.2 Å². The Morgan fingerprint density at radius 2 is 1.16 bits per heavy atom. The molecule has 0 aromatic heterocycles. The van der Waals surface area contributed by atoms with Crippen LogP contribution in [0.1, 0.15) is 0 Å². The zero-order chi connectivity index (χ0) is 27.6. The van der Waals surface area contributed by atoms with Gasteiger partial charge in [-0.1, -0.05) is 37.4 Å². The molecule has 0 saturated heterocycles. The zero-order valence-electron chi connectivity index (χ0n) is 21.9. The lowest BCUT2D eigenvalue weighted by Crippen LogP contribution is -2.30. The minimum Gasteiger partial charge on any atom is -0.489 e. The molecule has 38 heavy (non-hydrogen) atoms. The zero-order valence-corrected chi connectivity index (χ0v) is 23.6. The third-order valence-electron chi connectivity index (χ3n) is 5.06. The molecule has 0 spiro atoms. The topological polar surface area (TPSA) is 89.5 Å². The highest BCUT2D eigenvalue weighted by molar-refractivity contribution is 7.98. The molecule has 208 valence electrons. The van der Waals surface area contributed by atoms with Gasteiger partial charge in [0.2, 0.25) is 0 Å². The average Bonchev–Trinajstić information content (AvgIpc) is 2.94. The first-order valence-electron chi connectivity index (χ1n) is 12.1. The van der Waals surface area contributed by atoms with Gasteiger partial charge in [-0.25, -0.2) is 9.59 Å². The van der Waals surface area contributed by atoms with Crippen LogP contribution in [0.5, 0.6) is 11.5 Å². The fourth-order valence-electron chi connectivity index (χ4n) is 3.24. The summed E-state index contributed by atoms with van der Waals surface area (Å²) in [6.07, 6.45) is 5.03. The van der Waals surface area contributed by atoms with Crippen LogP contribution in [0.2, 0.25) is 0 Å². The van der Waals surface area contributed by atoms with E-state index >= 15 is 0 Å². The lowest BCUT2D eigenvalue weighted by molar-refractivity contribution is -0.148. The molecule has 2 rings (SSSR count). The minimum atomic E-state index is -0.594. The first-order chi connectivity index (χ1) is 18.5. The van der Waals surface area contributed by atoms with Crippen LogP contribution >= 0.6 is 23.5 Å². The van der Waals surface area contributed by atoms with E-state index in [4.69, 9.17) is 28.4 Å². The number of carbonyl (C=O) groups excluding carboxylic acids is 2. The van der Waals surface area contributed by atoms with Crippen molar-refractivity contribution >= 4 is 46.2 Å². The Kier molecular flexibility index (Phi) is 15.4. The Morgan fingerprint density at radius 1 is 0.737 bits per heavy atom. The van der Waals surface area contributed by atoms with Crippen LogP contribution in [0.4, 0.5) is 0 Å². The van der Waals surface area contributed by atoms with E-state index in [9.17, 15) is 9.59 Å². The van der Waals surface area contributed by atoms with Crippen LogP contribution in [0.3, 0.4) is 0 Å². The summed E-state index contributed by atoms with van der Waals surface area (Å²) < 4.78 is 34.1. The number of esters is 2. The fourth-order valence-corrected chi connectivity index (χ4v) is 3.81. The number of hydrogen-bond donors (Lipinski definition) is 0. The summed E-state index contributed by atoms with van der Waals surface area (Å²) in [4.78, 5) is 23.5. The minimum absolute atomic E-state index is 0.107. The van der Waals surface area contributed by atoms with E-state index in [0.717, 1.165) is 34.4 Å². The number of carbonyl (C=O) groups is 2. The summed E-state index contributed by atoms with van der Waals surface area (Å²) in [7, 11) is 0. The van der Waals surface area contributed by atoms with Gasteiger partial charge in [0.05, 0.1) is 26.4 Å². The number of ether oxygens (including phenoxy) is 6. The molecule has 0 amide bonds. The van der Waals surface area contributed by atoms with E-state index in [1.807, 2.05) is 48.9 Å². The molecule has 2 unspecified atom stereocenters. The smallest absolute Gasteiger partial charge is 0.330 e. The Labute approximate surface area is 233 Å². The second-order valence-corrected chi connectivity index (χ2v) is 9.86. The predicted octanol–water partition coefficient (Wildman–Crippen LogP) is 4.55. The van der Waals surface area contributed by atoms with Crippen LogP contribution in [0.25, 0.3) is 10.8 Å². The number of fused-ring (bicyclic) bond motifs is 1. The molecule has 2 aromatic rings. The maximum Gasteiger partial charge on any atom is 0.330 e. The summed E-state index contributed by atoms with van der Waals surface area (Å²) in [5.74, 6) is 1.81. The SMILES string of the molecule is C=CC(=O)OC(COCCSC)COc1cccc2c(OCC(COCCSC)OC(=O)C=C)cccc12. The van der Waals surface area contributed by atoms with Crippen molar-refractivity contribution in [2.45, 2.75) is 12.2 Å². The largest absolute Gasteiger partial charge is 0.489 e. The van der Waals surface area contributed by atoms with Crippen molar-refractivity contribution in [1.82, 2.24) is 0 Å². The van der Waals surface area contributed by atoms with E-state index < -0.39 is 24.1 Å². The van der Waals surface area contributed by atoms with Crippen molar-refractivity contribution in [3.63, 3.8) is 0 Å². The number of rotatable bonds is 20. The van der Waals surface area contributed by atoms with Gasteiger partial charge in [0.25, 0.3) is 0 Å². The van der Waals surface area contributed by atoms with Crippen molar-refractivity contribution < 1.29 is 38.0 Å². The molecule has 0 bridgehead atoms. The van der Waals surface area contributed by atoms with Gasteiger partial charge in [0.15, 0.2) is 12.2 Å². The van der Waals surface area contributed by atoms with Crippen LogP contribution in [0.15, 0.2) is 61.7 Å². The number of benzene rings is 2. The number of hydrogen-bond acceptors (Lipinski definition) is 10. The normalized spacial score (nSPS) is 12.4. The molecule has 0 heterocycles. The molecule has 0 aliphatic heterocycles. The van der Waals surface area contributed by atoms with Crippen LogP contribution < -0.4 is 9.47 Å². The standard InChI is InChI=1S/C28H36O8S2/c1-5-27(29)35-21(17-31-13-15-37-3)19-33-25-11-7-10-24-23(25)9-8-12-26(24)34-20-22(36-28(30)6-2)18-32-14-16-38-4/h5-12,21-22H,1-2,13-20H2,3-4H3. The Bertz CT molecular complexity index is 948. The van der Waals surface area contributed by atoms with Gasteiger partial charge in [-0.3, -0.25) is 0 Å². The molecule has 0 aliphatic rings. The summed E-state index contributed by atoms with van der Waals surface area (Å²) in [6.45, 7) is 8.63. The second-order valence-electron chi connectivity index (χ2n) is 7.89. The molecule has 0 radical (unpaired) electrons. The molecule has 8 nitrogen and oxygen atoms in total. The van der Waals surface area contributed by atoms with E-state index in [-0.39, 0.29) is 26.4 Å². The molecule has 2 atom stereocenters. The summed E-state index contributed by atoms with van der Waals surface area (Å²) >= 11 is 3.34. The van der Waals surface area contributed by atoms with Crippen LogP contribution in [-0.2, 0) is 28.5 Å². The van der Waals surface area contributed by atoms with Crippen molar-refractivity contribution in [2.75, 3.05) is 63.7 Å². The van der Waals surface area contributed by atoms with Crippen molar-refractivity contribution in [1.29, 1.82) is 0 Å². The Balaban J connectivity index is 2.10. The van der Waals surface area contributed by atoms with E-state index in [1.165, 1.54) is 0 Å². The van der Waals surface area contributed by atoms with Crippen molar-refractivity contribution in [2.24, 2.45) is 0 Å². The highest BCUT2D eigenvalue weighted by Gasteiger charge is 2.18.